The molecule has 0 fully saturated rings. The van der Waals surface area contributed by atoms with Crippen LogP contribution >= 0.6 is 0 Å². The summed E-state index contributed by atoms with van der Waals surface area (Å²) in [4.78, 5) is 10.9. The smallest absolute Gasteiger partial charge is 0.322 e. The molecule has 3 N–H and O–H groups in total. The monoisotopic (exact) mass is 238 g/mol. The highest BCUT2D eigenvalue weighted by molar-refractivity contribution is 7.89. The van der Waals surface area contributed by atoms with Gasteiger partial charge in [0, 0.05) is 6.04 Å². The number of rotatable bonds is 6. The largest absolute Gasteiger partial charge is 0.468 e. The molecule has 0 spiro atoms. The third kappa shape index (κ3) is 6.43. The fourth-order valence-corrected chi connectivity index (χ4v) is 2.37. The average molecular weight is 238 g/mol. The van der Waals surface area contributed by atoms with Gasteiger partial charge in [-0.3, -0.25) is 4.79 Å². The van der Waals surface area contributed by atoms with E-state index in [0.717, 1.165) is 0 Å². The van der Waals surface area contributed by atoms with E-state index < -0.39 is 22.0 Å². The van der Waals surface area contributed by atoms with Gasteiger partial charge in [-0.2, -0.15) is 0 Å². The molecule has 0 rings (SSSR count). The van der Waals surface area contributed by atoms with Crippen LogP contribution in [-0.4, -0.2) is 39.3 Å². The van der Waals surface area contributed by atoms with Crippen LogP contribution in [0.15, 0.2) is 0 Å². The van der Waals surface area contributed by atoms with E-state index in [1.54, 1.807) is 13.8 Å². The molecule has 7 heteroatoms. The van der Waals surface area contributed by atoms with Gasteiger partial charge >= 0.3 is 5.97 Å². The van der Waals surface area contributed by atoms with Gasteiger partial charge in [-0.05, 0) is 20.3 Å². The van der Waals surface area contributed by atoms with Crippen LogP contribution in [0, 0.1) is 0 Å². The van der Waals surface area contributed by atoms with Crippen LogP contribution in [0.2, 0.25) is 0 Å². The number of nitrogens with two attached hydrogens (primary N) is 1. The van der Waals surface area contributed by atoms with E-state index in [0.29, 0.717) is 0 Å². The topological polar surface area (TPSA) is 98.5 Å². The van der Waals surface area contributed by atoms with Gasteiger partial charge < -0.3 is 10.5 Å². The zero-order valence-electron chi connectivity index (χ0n) is 9.19. The maximum atomic E-state index is 11.3. The summed E-state index contributed by atoms with van der Waals surface area (Å²) >= 11 is 0. The van der Waals surface area contributed by atoms with Crippen molar-refractivity contribution >= 4 is 16.0 Å². The van der Waals surface area contributed by atoms with E-state index in [2.05, 4.69) is 9.46 Å². The van der Waals surface area contributed by atoms with Crippen molar-refractivity contribution < 1.29 is 17.9 Å². The van der Waals surface area contributed by atoms with Crippen molar-refractivity contribution in [2.75, 3.05) is 12.9 Å². The zero-order chi connectivity index (χ0) is 12.1. The predicted octanol–water partition coefficient (Wildman–Crippen LogP) is -0.795. The second-order valence-electron chi connectivity index (χ2n) is 3.51. The lowest BCUT2D eigenvalue weighted by atomic mass is 10.2. The van der Waals surface area contributed by atoms with Crippen molar-refractivity contribution in [3.63, 3.8) is 0 Å². The molecule has 6 nitrogen and oxygen atoms in total. The Morgan fingerprint density at radius 1 is 1.47 bits per heavy atom. The van der Waals surface area contributed by atoms with Crippen LogP contribution in [0.5, 0.6) is 0 Å². The maximum absolute atomic E-state index is 11.3. The Balaban J connectivity index is 4.10. The standard InChI is InChI=1S/C8H18N2O4S/c1-6(2)10-15(12,13)5-4-7(9)8(11)14-3/h6-7,10H,4-5,9H2,1-3H3. The third-order valence-electron chi connectivity index (χ3n) is 1.62. The highest BCUT2D eigenvalue weighted by atomic mass is 32.2. The van der Waals surface area contributed by atoms with Crippen LogP contribution in [0.4, 0.5) is 0 Å². The lowest BCUT2D eigenvalue weighted by Gasteiger charge is -2.11. The van der Waals surface area contributed by atoms with Crippen molar-refractivity contribution in [1.82, 2.24) is 4.72 Å². The van der Waals surface area contributed by atoms with Crippen molar-refractivity contribution in [3.8, 4) is 0 Å². The SMILES string of the molecule is COC(=O)C(N)CCS(=O)(=O)NC(C)C. The number of esters is 1. The number of hydrogen-bond acceptors (Lipinski definition) is 5. The Hall–Kier alpha value is -0.660. The quantitative estimate of drug-likeness (QED) is 0.591. The normalized spacial score (nSPS) is 13.9. The van der Waals surface area contributed by atoms with Crippen molar-refractivity contribution in [3.05, 3.63) is 0 Å². The van der Waals surface area contributed by atoms with E-state index in [1.165, 1.54) is 7.11 Å². The molecule has 90 valence electrons. The van der Waals surface area contributed by atoms with Gasteiger partial charge in [-0.25, -0.2) is 13.1 Å². The molecule has 1 unspecified atom stereocenters. The van der Waals surface area contributed by atoms with Gasteiger partial charge in [0.2, 0.25) is 10.0 Å². The summed E-state index contributed by atoms with van der Waals surface area (Å²) in [5, 5.41) is 0. The van der Waals surface area contributed by atoms with Gasteiger partial charge in [0.1, 0.15) is 6.04 Å². The van der Waals surface area contributed by atoms with Crippen LogP contribution < -0.4 is 10.5 Å². The first kappa shape index (κ1) is 14.3. The Bertz CT molecular complexity index is 300. The molecular formula is C8H18N2O4S. The summed E-state index contributed by atoms with van der Waals surface area (Å²) in [6.07, 6.45) is 0.0503. The molecule has 0 amide bonds. The first-order valence-electron chi connectivity index (χ1n) is 4.62. The maximum Gasteiger partial charge on any atom is 0.322 e. The van der Waals surface area contributed by atoms with E-state index >= 15 is 0 Å². The summed E-state index contributed by atoms with van der Waals surface area (Å²) < 4.78 is 29.5. The Morgan fingerprint density at radius 2 is 2.00 bits per heavy atom. The average Bonchev–Trinajstić information content (AvgIpc) is 2.11. The Kier molecular flexibility index (Phi) is 5.77. The fourth-order valence-electron chi connectivity index (χ4n) is 0.969. The minimum Gasteiger partial charge on any atom is -0.468 e. The molecular weight excluding hydrogens is 220 g/mol. The molecule has 0 aliphatic rings. The lowest BCUT2D eigenvalue weighted by molar-refractivity contribution is -0.142. The molecule has 15 heavy (non-hydrogen) atoms. The second kappa shape index (κ2) is 6.04. The number of sulfonamides is 1. The highest BCUT2D eigenvalue weighted by Gasteiger charge is 2.18. The highest BCUT2D eigenvalue weighted by Crippen LogP contribution is 1.97. The first-order valence-corrected chi connectivity index (χ1v) is 6.27. The number of carbonyl (C=O) groups excluding carboxylic acids is 1. The molecule has 0 aromatic carbocycles. The first-order chi connectivity index (χ1) is 6.78. The van der Waals surface area contributed by atoms with Gasteiger partial charge in [-0.1, -0.05) is 0 Å². The molecule has 1 atom stereocenters. The minimum absolute atomic E-state index is 0.0503. The van der Waals surface area contributed by atoms with E-state index in [4.69, 9.17) is 5.73 Å². The van der Waals surface area contributed by atoms with Crippen LogP contribution in [0.3, 0.4) is 0 Å². The number of ether oxygens (including phenoxy) is 1. The Morgan fingerprint density at radius 3 is 2.40 bits per heavy atom. The summed E-state index contributed by atoms with van der Waals surface area (Å²) in [6, 6.07) is -1.05. The van der Waals surface area contributed by atoms with Crippen LogP contribution in [0.25, 0.3) is 0 Å². The molecule has 0 saturated carbocycles. The Labute approximate surface area is 90.2 Å². The number of methoxy groups -OCH3 is 1. The van der Waals surface area contributed by atoms with Crippen molar-refractivity contribution in [1.29, 1.82) is 0 Å². The van der Waals surface area contributed by atoms with Crippen LogP contribution in [0.1, 0.15) is 20.3 Å². The molecule has 0 aliphatic carbocycles. The number of nitrogens with one attached hydrogen (secondary N) is 1. The summed E-state index contributed by atoms with van der Waals surface area (Å²) in [5.74, 6) is -0.781. The molecule has 0 bridgehead atoms. The summed E-state index contributed by atoms with van der Waals surface area (Å²) in [5.41, 5.74) is 5.40. The predicted molar refractivity (Wildman–Crippen MR) is 56.7 cm³/mol. The molecule has 0 aromatic heterocycles. The number of hydrogen-bond donors (Lipinski definition) is 2. The zero-order valence-corrected chi connectivity index (χ0v) is 10.0. The van der Waals surface area contributed by atoms with Gasteiger partial charge in [0.25, 0.3) is 0 Å². The number of carbonyl (C=O) groups is 1. The van der Waals surface area contributed by atoms with Gasteiger partial charge in [-0.15, -0.1) is 0 Å². The summed E-state index contributed by atoms with van der Waals surface area (Å²) in [6.45, 7) is 3.44. The van der Waals surface area contributed by atoms with Crippen molar-refractivity contribution in [2.24, 2.45) is 5.73 Å². The molecule has 0 radical (unpaired) electrons. The lowest BCUT2D eigenvalue weighted by Crippen LogP contribution is -2.37. The van der Waals surface area contributed by atoms with E-state index in [-0.39, 0.29) is 18.2 Å². The minimum atomic E-state index is -3.36. The molecule has 0 aliphatic heterocycles. The van der Waals surface area contributed by atoms with E-state index in [9.17, 15) is 13.2 Å². The van der Waals surface area contributed by atoms with Crippen LogP contribution in [-0.2, 0) is 19.6 Å². The summed E-state index contributed by atoms with van der Waals surface area (Å²) in [7, 11) is -2.14. The molecule has 0 aromatic rings. The van der Waals surface area contributed by atoms with Gasteiger partial charge in [0.05, 0.1) is 12.9 Å². The van der Waals surface area contributed by atoms with Crippen molar-refractivity contribution in [2.45, 2.75) is 32.4 Å². The molecule has 0 saturated heterocycles. The van der Waals surface area contributed by atoms with E-state index in [1.807, 2.05) is 0 Å². The van der Waals surface area contributed by atoms with Gasteiger partial charge in [0.15, 0.2) is 0 Å². The second-order valence-corrected chi connectivity index (χ2v) is 5.38. The molecule has 0 heterocycles. The fraction of sp³-hybridized carbons (Fsp3) is 0.875. The third-order valence-corrected chi connectivity index (χ3v) is 3.22.